The van der Waals surface area contributed by atoms with Gasteiger partial charge in [-0.25, -0.2) is 9.78 Å². The minimum Gasteiger partial charge on any atom is -0.481 e. The highest BCUT2D eigenvalue weighted by Gasteiger charge is 2.18. The van der Waals surface area contributed by atoms with Gasteiger partial charge < -0.3 is 25.0 Å². The molecule has 2 amide bonds. The third-order valence-electron chi connectivity index (χ3n) is 2.65. The first-order valence-corrected chi connectivity index (χ1v) is 6.17. The van der Waals surface area contributed by atoms with Crippen LogP contribution >= 0.6 is 0 Å². The maximum absolute atomic E-state index is 12.1. The van der Waals surface area contributed by atoms with Crippen molar-refractivity contribution in [1.82, 2.24) is 14.9 Å². The number of rotatable bonds is 6. The molecule has 1 heterocycles. The standard InChI is InChI=1S/C12H19N5O4/c1-16(2)10-9(11(21-4)14-7-13-10)15-12(20)17(3)6-5-8(18)19/h7H,5-6H2,1-4H3,(H,15,20)(H,18,19). The van der Waals surface area contributed by atoms with Gasteiger partial charge in [0, 0.05) is 27.7 Å². The number of carboxylic acids is 1. The first kappa shape index (κ1) is 16.5. The Labute approximate surface area is 122 Å². The molecule has 0 saturated heterocycles. The van der Waals surface area contributed by atoms with Gasteiger partial charge in [0.15, 0.2) is 5.82 Å². The van der Waals surface area contributed by atoms with Crippen molar-refractivity contribution < 1.29 is 19.4 Å². The lowest BCUT2D eigenvalue weighted by Crippen LogP contribution is -2.33. The van der Waals surface area contributed by atoms with Crippen LogP contribution in [0.4, 0.5) is 16.3 Å². The first-order chi connectivity index (χ1) is 9.86. The summed E-state index contributed by atoms with van der Waals surface area (Å²) in [6.07, 6.45) is 1.20. The highest BCUT2D eigenvalue weighted by molar-refractivity contribution is 5.94. The van der Waals surface area contributed by atoms with Crippen molar-refractivity contribution in [1.29, 1.82) is 0 Å². The van der Waals surface area contributed by atoms with E-state index in [1.165, 1.54) is 25.4 Å². The zero-order valence-corrected chi connectivity index (χ0v) is 12.5. The number of urea groups is 1. The number of hydrogen-bond acceptors (Lipinski definition) is 6. The molecule has 1 rings (SSSR count). The molecule has 9 nitrogen and oxygen atoms in total. The fourth-order valence-corrected chi connectivity index (χ4v) is 1.53. The van der Waals surface area contributed by atoms with Gasteiger partial charge in [0.05, 0.1) is 13.5 Å². The van der Waals surface area contributed by atoms with Crippen LogP contribution < -0.4 is 15.0 Å². The van der Waals surface area contributed by atoms with Crippen LogP contribution in [0.2, 0.25) is 0 Å². The van der Waals surface area contributed by atoms with E-state index in [1.807, 2.05) is 0 Å². The van der Waals surface area contributed by atoms with Crippen molar-refractivity contribution in [3.8, 4) is 5.88 Å². The molecule has 0 unspecified atom stereocenters. The smallest absolute Gasteiger partial charge is 0.321 e. The Kier molecular flexibility index (Phi) is 5.70. The van der Waals surface area contributed by atoms with E-state index < -0.39 is 12.0 Å². The summed E-state index contributed by atoms with van der Waals surface area (Å²) in [6, 6.07) is -0.465. The number of anilines is 2. The molecule has 116 valence electrons. The van der Waals surface area contributed by atoms with Gasteiger partial charge in [0.2, 0.25) is 5.88 Å². The van der Waals surface area contributed by atoms with Crippen molar-refractivity contribution in [2.75, 3.05) is 45.0 Å². The Morgan fingerprint density at radius 3 is 2.52 bits per heavy atom. The van der Waals surface area contributed by atoms with Crippen molar-refractivity contribution in [2.45, 2.75) is 6.42 Å². The fraction of sp³-hybridized carbons (Fsp3) is 0.500. The molecule has 0 fully saturated rings. The number of aromatic nitrogens is 2. The summed E-state index contributed by atoms with van der Waals surface area (Å²) in [4.78, 5) is 33.6. The second-order valence-corrected chi connectivity index (χ2v) is 4.47. The van der Waals surface area contributed by atoms with Crippen LogP contribution in [0, 0.1) is 0 Å². The summed E-state index contributed by atoms with van der Waals surface area (Å²) in [5.74, 6) is -0.250. The van der Waals surface area contributed by atoms with E-state index in [4.69, 9.17) is 9.84 Å². The van der Waals surface area contributed by atoms with Gasteiger partial charge in [0.25, 0.3) is 0 Å². The Bertz CT molecular complexity index is 520. The Hall–Kier alpha value is -2.58. The van der Waals surface area contributed by atoms with Crippen molar-refractivity contribution in [3.63, 3.8) is 0 Å². The molecular weight excluding hydrogens is 278 g/mol. The normalized spacial score (nSPS) is 9.90. The predicted octanol–water partition coefficient (Wildman–Crippen LogP) is 0.490. The second-order valence-electron chi connectivity index (χ2n) is 4.47. The lowest BCUT2D eigenvalue weighted by molar-refractivity contribution is -0.137. The van der Waals surface area contributed by atoms with Gasteiger partial charge in [-0.15, -0.1) is 0 Å². The second kappa shape index (κ2) is 7.27. The van der Waals surface area contributed by atoms with Gasteiger partial charge in [-0.3, -0.25) is 4.79 Å². The summed E-state index contributed by atoms with van der Waals surface area (Å²) in [6.45, 7) is 0.0917. The molecule has 0 aliphatic rings. The first-order valence-electron chi connectivity index (χ1n) is 6.17. The summed E-state index contributed by atoms with van der Waals surface area (Å²) in [5, 5.41) is 11.3. The number of ether oxygens (including phenoxy) is 1. The molecule has 2 N–H and O–H groups in total. The predicted molar refractivity (Wildman–Crippen MR) is 76.8 cm³/mol. The quantitative estimate of drug-likeness (QED) is 0.786. The number of methoxy groups -OCH3 is 1. The number of hydrogen-bond donors (Lipinski definition) is 2. The molecule has 0 aliphatic heterocycles. The van der Waals surface area contributed by atoms with Crippen molar-refractivity contribution in [2.24, 2.45) is 0 Å². The van der Waals surface area contributed by atoms with Gasteiger partial charge in [-0.05, 0) is 0 Å². The fourth-order valence-electron chi connectivity index (χ4n) is 1.53. The SMILES string of the molecule is COc1ncnc(N(C)C)c1NC(=O)N(C)CCC(=O)O. The van der Waals surface area contributed by atoms with Crippen LogP contribution in [0.15, 0.2) is 6.33 Å². The molecule has 0 spiro atoms. The molecule has 0 radical (unpaired) electrons. The van der Waals surface area contributed by atoms with E-state index in [-0.39, 0.29) is 18.8 Å². The van der Waals surface area contributed by atoms with Crippen LogP contribution in [0.3, 0.4) is 0 Å². The number of carbonyl (C=O) groups excluding carboxylic acids is 1. The van der Waals surface area contributed by atoms with Crippen LogP contribution in [0.1, 0.15) is 6.42 Å². The third kappa shape index (κ3) is 4.48. The zero-order valence-electron chi connectivity index (χ0n) is 12.5. The maximum atomic E-state index is 12.1. The molecule has 0 atom stereocenters. The number of aliphatic carboxylic acids is 1. The van der Waals surface area contributed by atoms with Crippen LogP contribution in [0.5, 0.6) is 5.88 Å². The van der Waals surface area contributed by atoms with E-state index in [0.29, 0.717) is 11.5 Å². The Morgan fingerprint density at radius 2 is 2.00 bits per heavy atom. The number of nitrogens with one attached hydrogen (secondary N) is 1. The van der Waals surface area contributed by atoms with Crippen molar-refractivity contribution in [3.05, 3.63) is 6.33 Å². The number of carbonyl (C=O) groups is 2. The summed E-state index contributed by atoms with van der Waals surface area (Å²) in [7, 11) is 6.48. The molecule has 21 heavy (non-hydrogen) atoms. The molecule has 0 aliphatic carbocycles. The van der Waals surface area contributed by atoms with E-state index in [0.717, 1.165) is 0 Å². The lowest BCUT2D eigenvalue weighted by atomic mass is 10.4. The van der Waals surface area contributed by atoms with E-state index in [9.17, 15) is 9.59 Å². The van der Waals surface area contributed by atoms with Gasteiger partial charge in [0.1, 0.15) is 12.0 Å². The Balaban J connectivity index is 2.90. The van der Waals surface area contributed by atoms with Crippen LogP contribution in [-0.4, -0.2) is 66.8 Å². The summed E-state index contributed by atoms with van der Waals surface area (Å²) >= 11 is 0. The largest absolute Gasteiger partial charge is 0.481 e. The molecular formula is C12H19N5O4. The number of nitrogens with zero attached hydrogens (tertiary/aromatic N) is 4. The number of carboxylic acid groups (broad SMARTS) is 1. The molecule has 1 aromatic heterocycles. The molecule has 0 aromatic carbocycles. The zero-order chi connectivity index (χ0) is 16.0. The Morgan fingerprint density at radius 1 is 1.33 bits per heavy atom. The number of amides is 2. The van der Waals surface area contributed by atoms with Crippen molar-refractivity contribution >= 4 is 23.5 Å². The average molecular weight is 297 g/mol. The molecule has 0 bridgehead atoms. The summed E-state index contributed by atoms with van der Waals surface area (Å²) in [5.41, 5.74) is 0.331. The van der Waals surface area contributed by atoms with E-state index in [1.54, 1.807) is 19.0 Å². The minimum atomic E-state index is -0.968. The summed E-state index contributed by atoms with van der Waals surface area (Å²) < 4.78 is 5.11. The van der Waals surface area contributed by atoms with Crippen LogP contribution in [-0.2, 0) is 4.79 Å². The average Bonchev–Trinajstić information content (AvgIpc) is 2.44. The molecule has 1 aromatic rings. The van der Waals surface area contributed by atoms with Crippen LogP contribution in [0.25, 0.3) is 0 Å². The third-order valence-corrected chi connectivity index (χ3v) is 2.65. The monoisotopic (exact) mass is 297 g/mol. The highest BCUT2D eigenvalue weighted by Crippen LogP contribution is 2.29. The maximum Gasteiger partial charge on any atom is 0.321 e. The van der Waals surface area contributed by atoms with Gasteiger partial charge in [-0.1, -0.05) is 0 Å². The lowest BCUT2D eigenvalue weighted by Gasteiger charge is -2.21. The minimum absolute atomic E-state index is 0.0917. The van der Waals surface area contributed by atoms with Gasteiger partial charge >= 0.3 is 12.0 Å². The van der Waals surface area contributed by atoms with Gasteiger partial charge in [-0.2, -0.15) is 4.98 Å². The topological polar surface area (TPSA) is 108 Å². The highest BCUT2D eigenvalue weighted by atomic mass is 16.5. The van der Waals surface area contributed by atoms with E-state index >= 15 is 0 Å². The molecule has 9 heteroatoms. The molecule has 0 saturated carbocycles. The van der Waals surface area contributed by atoms with E-state index in [2.05, 4.69) is 15.3 Å².